The van der Waals surface area contributed by atoms with Gasteiger partial charge in [-0.2, -0.15) is 0 Å². The first-order valence-electron chi connectivity index (χ1n) is 8.42. The number of rotatable bonds is 9. The third-order valence-corrected chi connectivity index (χ3v) is 5.29. The van der Waals surface area contributed by atoms with Crippen molar-refractivity contribution in [1.82, 2.24) is 14.9 Å². The van der Waals surface area contributed by atoms with Gasteiger partial charge >= 0.3 is 0 Å². The monoisotopic (exact) mass is 476 g/mol. The molecule has 0 radical (unpaired) electrons. The van der Waals surface area contributed by atoms with Gasteiger partial charge in [-0.05, 0) is 33.1 Å². The Morgan fingerprint density at radius 2 is 2.04 bits per heavy atom. The van der Waals surface area contributed by atoms with Crippen molar-refractivity contribution in [3.05, 3.63) is 0 Å². The second kappa shape index (κ2) is 11.5. The molecule has 1 fully saturated rings. The Labute approximate surface area is 164 Å². The van der Waals surface area contributed by atoms with Gasteiger partial charge in [0.2, 0.25) is 10.0 Å². The normalized spacial score (nSPS) is 21.6. The lowest BCUT2D eigenvalue weighted by atomic mass is 10.0. The van der Waals surface area contributed by atoms with Gasteiger partial charge in [-0.25, -0.2) is 12.7 Å². The Bertz CT molecular complexity index is 479. The second-order valence-corrected chi connectivity index (χ2v) is 8.11. The van der Waals surface area contributed by atoms with Gasteiger partial charge in [0, 0.05) is 32.8 Å². The zero-order valence-corrected chi connectivity index (χ0v) is 18.4. The summed E-state index contributed by atoms with van der Waals surface area (Å²) in [5.41, 5.74) is -0.155. The van der Waals surface area contributed by atoms with E-state index in [1.165, 1.54) is 10.6 Å². The van der Waals surface area contributed by atoms with E-state index in [1.807, 2.05) is 13.8 Å². The molecule has 144 valence electrons. The molecule has 24 heavy (non-hydrogen) atoms. The number of hydrogen-bond donors (Lipinski definition) is 2. The van der Waals surface area contributed by atoms with Gasteiger partial charge < -0.3 is 15.4 Å². The van der Waals surface area contributed by atoms with E-state index in [4.69, 9.17) is 4.74 Å². The molecule has 1 heterocycles. The molecule has 0 aromatic carbocycles. The van der Waals surface area contributed by atoms with Gasteiger partial charge in [-0.15, -0.1) is 24.0 Å². The van der Waals surface area contributed by atoms with Gasteiger partial charge in [0.25, 0.3) is 0 Å². The maximum atomic E-state index is 11.5. The van der Waals surface area contributed by atoms with Crippen molar-refractivity contribution < 1.29 is 13.2 Å². The van der Waals surface area contributed by atoms with Gasteiger partial charge in [-0.3, -0.25) is 4.99 Å². The zero-order valence-electron chi connectivity index (χ0n) is 15.3. The van der Waals surface area contributed by atoms with E-state index in [1.54, 1.807) is 0 Å². The summed E-state index contributed by atoms with van der Waals surface area (Å²) >= 11 is 0. The average Bonchev–Trinajstić information content (AvgIpc) is 2.90. The summed E-state index contributed by atoms with van der Waals surface area (Å²) in [4.78, 5) is 4.59. The van der Waals surface area contributed by atoms with Crippen molar-refractivity contribution in [3.8, 4) is 0 Å². The fraction of sp³-hybridized carbons (Fsp3) is 0.933. The molecule has 0 aromatic heterocycles. The van der Waals surface area contributed by atoms with Crippen LogP contribution in [-0.2, 0) is 14.8 Å². The van der Waals surface area contributed by atoms with E-state index < -0.39 is 10.0 Å². The summed E-state index contributed by atoms with van der Waals surface area (Å²) in [5.74, 6) is 0.756. The quantitative estimate of drug-likeness (QED) is 0.228. The summed E-state index contributed by atoms with van der Waals surface area (Å²) in [7, 11) is -3.11. The van der Waals surface area contributed by atoms with E-state index in [0.29, 0.717) is 26.2 Å². The summed E-state index contributed by atoms with van der Waals surface area (Å²) in [6.45, 7) is 9.89. The van der Waals surface area contributed by atoms with Crippen LogP contribution < -0.4 is 10.6 Å². The van der Waals surface area contributed by atoms with Crippen LogP contribution in [0.15, 0.2) is 4.99 Å². The molecule has 1 rings (SSSR count). The molecule has 0 spiro atoms. The Morgan fingerprint density at radius 3 is 2.54 bits per heavy atom. The number of aliphatic imine (C=N–C) groups is 1. The highest BCUT2D eigenvalue weighted by Crippen LogP contribution is 2.24. The lowest BCUT2D eigenvalue weighted by Crippen LogP contribution is -2.40. The Hall–Kier alpha value is -0.130. The maximum Gasteiger partial charge on any atom is 0.211 e. The molecule has 9 heteroatoms. The molecule has 1 atom stereocenters. The fourth-order valence-electron chi connectivity index (χ4n) is 2.57. The van der Waals surface area contributed by atoms with E-state index in [0.717, 1.165) is 38.4 Å². The Morgan fingerprint density at radius 1 is 1.33 bits per heavy atom. The number of nitrogens with one attached hydrogen (secondary N) is 2. The Balaban J connectivity index is 0.00000529. The van der Waals surface area contributed by atoms with Crippen LogP contribution >= 0.6 is 24.0 Å². The van der Waals surface area contributed by atoms with Crippen molar-refractivity contribution in [1.29, 1.82) is 0 Å². The fourth-order valence-corrected chi connectivity index (χ4v) is 3.50. The molecule has 1 saturated heterocycles. The second-order valence-electron chi connectivity index (χ2n) is 6.13. The first-order valence-corrected chi connectivity index (χ1v) is 10.3. The minimum absolute atomic E-state index is 0. The van der Waals surface area contributed by atoms with Gasteiger partial charge in [0.1, 0.15) is 0 Å². The minimum Gasteiger partial charge on any atom is -0.373 e. The standard InChI is InChI=1S/C15H32N4O3S.HI/c1-5-16-14(18-13-15(3)9-7-12-22-15)17-10-8-11-19(6-2)23(4,20)21;/h5-13H2,1-4H3,(H2,16,17,18);1H. The van der Waals surface area contributed by atoms with E-state index in [-0.39, 0.29) is 29.6 Å². The summed E-state index contributed by atoms with van der Waals surface area (Å²) in [5, 5.41) is 6.46. The van der Waals surface area contributed by atoms with Crippen molar-refractivity contribution in [2.45, 2.75) is 45.6 Å². The molecular weight excluding hydrogens is 443 g/mol. The zero-order chi connectivity index (χ0) is 17.3. The van der Waals surface area contributed by atoms with Crippen LogP contribution in [0.4, 0.5) is 0 Å². The van der Waals surface area contributed by atoms with Crippen LogP contribution in [0.2, 0.25) is 0 Å². The Kier molecular flexibility index (Phi) is 11.4. The molecular formula is C15H33IN4O3S. The van der Waals surface area contributed by atoms with Crippen molar-refractivity contribution in [3.63, 3.8) is 0 Å². The smallest absolute Gasteiger partial charge is 0.211 e. The predicted octanol–water partition coefficient (Wildman–Crippen LogP) is 1.40. The lowest BCUT2D eigenvalue weighted by Gasteiger charge is -2.22. The first kappa shape index (κ1) is 23.9. The molecule has 7 nitrogen and oxygen atoms in total. The van der Waals surface area contributed by atoms with Crippen LogP contribution in [-0.4, -0.2) is 69.9 Å². The molecule has 0 bridgehead atoms. The molecule has 1 unspecified atom stereocenters. The summed E-state index contributed by atoms with van der Waals surface area (Å²) in [6.07, 6.45) is 4.11. The lowest BCUT2D eigenvalue weighted by molar-refractivity contribution is 0.0283. The molecule has 0 saturated carbocycles. The van der Waals surface area contributed by atoms with Crippen molar-refractivity contribution in [2.75, 3.05) is 45.6 Å². The van der Waals surface area contributed by atoms with E-state index in [2.05, 4.69) is 22.5 Å². The molecule has 0 aromatic rings. The number of ether oxygens (including phenoxy) is 1. The highest BCUT2D eigenvalue weighted by atomic mass is 127. The molecule has 0 aliphatic carbocycles. The predicted molar refractivity (Wildman–Crippen MR) is 110 cm³/mol. The number of guanidine groups is 1. The number of sulfonamides is 1. The first-order chi connectivity index (χ1) is 10.8. The SMILES string of the molecule is CCNC(=NCC1(C)CCCO1)NCCCN(CC)S(C)(=O)=O.I. The molecule has 1 aliphatic heterocycles. The molecule has 2 N–H and O–H groups in total. The van der Waals surface area contributed by atoms with Gasteiger partial charge in [0.05, 0.1) is 18.4 Å². The van der Waals surface area contributed by atoms with Crippen LogP contribution in [0.25, 0.3) is 0 Å². The van der Waals surface area contributed by atoms with Crippen LogP contribution in [0, 0.1) is 0 Å². The number of hydrogen-bond acceptors (Lipinski definition) is 4. The minimum atomic E-state index is -3.11. The maximum absolute atomic E-state index is 11.5. The highest BCUT2D eigenvalue weighted by Gasteiger charge is 2.29. The van der Waals surface area contributed by atoms with Crippen LogP contribution in [0.3, 0.4) is 0 Å². The summed E-state index contributed by atoms with van der Waals surface area (Å²) in [6, 6.07) is 0. The van der Waals surface area contributed by atoms with E-state index >= 15 is 0 Å². The highest BCUT2D eigenvalue weighted by molar-refractivity contribution is 14.0. The van der Waals surface area contributed by atoms with Gasteiger partial charge in [-0.1, -0.05) is 6.92 Å². The van der Waals surface area contributed by atoms with Crippen LogP contribution in [0.5, 0.6) is 0 Å². The van der Waals surface area contributed by atoms with Crippen molar-refractivity contribution in [2.24, 2.45) is 4.99 Å². The van der Waals surface area contributed by atoms with Crippen molar-refractivity contribution >= 4 is 40.0 Å². The topological polar surface area (TPSA) is 83.0 Å². The summed E-state index contributed by atoms with van der Waals surface area (Å²) < 4.78 is 30.3. The molecule has 1 aliphatic rings. The molecule has 0 amide bonds. The largest absolute Gasteiger partial charge is 0.373 e. The average molecular weight is 476 g/mol. The van der Waals surface area contributed by atoms with Gasteiger partial charge in [0.15, 0.2) is 5.96 Å². The van der Waals surface area contributed by atoms with E-state index in [9.17, 15) is 8.42 Å². The third kappa shape index (κ3) is 8.82. The number of halogens is 1. The van der Waals surface area contributed by atoms with Crippen LogP contribution in [0.1, 0.15) is 40.0 Å². The number of nitrogens with zero attached hydrogens (tertiary/aromatic N) is 2. The third-order valence-electron chi connectivity index (χ3n) is 3.91.